The SMILES string of the molecule is CCCCCCCN1C=CN(C(C)CCCc2ccc(Cl)cc2)C1OS(=O)(=O)c1ccc(C)cc1. The maximum absolute atomic E-state index is 13.1. The summed E-state index contributed by atoms with van der Waals surface area (Å²) in [4.78, 5) is 4.25. The van der Waals surface area contributed by atoms with Crippen molar-refractivity contribution in [2.75, 3.05) is 6.54 Å². The van der Waals surface area contributed by atoms with Crippen LogP contribution in [0.2, 0.25) is 5.02 Å². The summed E-state index contributed by atoms with van der Waals surface area (Å²) in [7, 11) is -3.90. The first kappa shape index (κ1) is 27.6. The molecule has 0 spiro atoms. The summed E-state index contributed by atoms with van der Waals surface area (Å²) in [6.07, 6.45) is 11.9. The number of benzene rings is 2. The van der Waals surface area contributed by atoms with E-state index in [2.05, 4.69) is 26.0 Å². The van der Waals surface area contributed by atoms with E-state index >= 15 is 0 Å². The molecule has 0 amide bonds. The fraction of sp³-hybridized carbons (Fsp3) is 0.500. The van der Waals surface area contributed by atoms with Gasteiger partial charge in [0.25, 0.3) is 10.1 Å². The average Bonchev–Trinajstić information content (AvgIpc) is 3.22. The molecule has 0 aromatic heterocycles. The van der Waals surface area contributed by atoms with E-state index in [1.165, 1.54) is 24.8 Å². The Balaban J connectivity index is 1.65. The van der Waals surface area contributed by atoms with Gasteiger partial charge in [0.2, 0.25) is 6.35 Å². The molecule has 2 aromatic carbocycles. The lowest BCUT2D eigenvalue weighted by Crippen LogP contribution is -2.46. The maximum atomic E-state index is 13.1. The van der Waals surface area contributed by atoms with Crippen molar-refractivity contribution in [2.45, 2.75) is 89.4 Å². The van der Waals surface area contributed by atoms with Crippen molar-refractivity contribution >= 4 is 21.7 Å². The van der Waals surface area contributed by atoms with E-state index in [1.807, 2.05) is 41.3 Å². The van der Waals surface area contributed by atoms with Gasteiger partial charge < -0.3 is 9.80 Å². The Kier molecular flexibility index (Phi) is 10.5. The molecule has 2 unspecified atom stereocenters. The molecule has 7 heteroatoms. The zero-order valence-corrected chi connectivity index (χ0v) is 22.8. The van der Waals surface area contributed by atoms with E-state index in [0.29, 0.717) is 0 Å². The third-order valence-electron chi connectivity index (χ3n) is 6.52. The van der Waals surface area contributed by atoms with Gasteiger partial charge in [0.1, 0.15) is 0 Å². The van der Waals surface area contributed by atoms with Gasteiger partial charge in [0, 0.05) is 30.0 Å². The minimum absolute atomic E-state index is 0.127. The lowest BCUT2D eigenvalue weighted by atomic mass is 10.0. The minimum Gasteiger partial charge on any atom is -0.333 e. The predicted molar refractivity (Wildman–Crippen MR) is 144 cm³/mol. The maximum Gasteiger partial charge on any atom is 0.300 e. The number of hydrogen-bond donors (Lipinski definition) is 0. The van der Waals surface area contributed by atoms with Crippen molar-refractivity contribution in [2.24, 2.45) is 0 Å². The Hall–Kier alpha value is -2.02. The lowest BCUT2D eigenvalue weighted by Gasteiger charge is -2.35. The van der Waals surface area contributed by atoms with E-state index in [1.54, 1.807) is 24.3 Å². The van der Waals surface area contributed by atoms with Gasteiger partial charge in [-0.05, 0) is 69.4 Å². The largest absolute Gasteiger partial charge is 0.333 e. The number of rotatable bonds is 14. The summed E-state index contributed by atoms with van der Waals surface area (Å²) in [5.41, 5.74) is 2.26. The highest BCUT2D eigenvalue weighted by atomic mass is 35.5. The van der Waals surface area contributed by atoms with Crippen LogP contribution in [0.5, 0.6) is 0 Å². The van der Waals surface area contributed by atoms with Crippen molar-refractivity contribution in [1.82, 2.24) is 9.80 Å². The number of halogens is 1. The molecule has 1 aliphatic rings. The molecule has 0 saturated carbocycles. The molecule has 0 fully saturated rings. The Labute approximate surface area is 216 Å². The van der Waals surface area contributed by atoms with Crippen LogP contribution in [0, 0.1) is 6.92 Å². The van der Waals surface area contributed by atoms with Gasteiger partial charge in [-0.25, -0.2) is 4.18 Å². The van der Waals surface area contributed by atoms with Crippen molar-refractivity contribution in [1.29, 1.82) is 0 Å². The Morgan fingerprint density at radius 1 is 0.943 bits per heavy atom. The number of hydrogen-bond acceptors (Lipinski definition) is 5. The number of unbranched alkanes of at least 4 members (excludes halogenated alkanes) is 4. The second kappa shape index (κ2) is 13.3. The van der Waals surface area contributed by atoms with Gasteiger partial charge in [0.05, 0.1) is 4.90 Å². The highest BCUT2D eigenvalue weighted by Gasteiger charge is 2.34. The molecule has 0 N–H and O–H groups in total. The van der Waals surface area contributed by atoms with Crippen LogP contribution < -0.4 is 0 Å². The molecule has 3 rings (SSSR count). The summed E-state index contributed by atoms with van der Waals surface area (Å²) < 4.78 is 32.2. The molecule has 0 bridgehead atoms. The number of nitrogens with zero attached hydrogens (tertiary/aromatic N) is 2. The predicted octanol–water partition coefficient (Wildman–Crippen LogP) is 7.11. The van der Waals surface area contributed by atoms with Crippen LogP contribution in [0.4, 0.5) is 0 Å². The standard InChI is InChI=1S/C28H39ClN2O3S/c1-4-5-6-7-8-20-30-21-22-31(24(3)10-9-11-25-14-16-26(29)17-15-25)28(30)34-35(32,33)27-18-12-23(2)13-19-27/h12-19,21-22,24,28H,4-11,20H2,1-3H3. The first-order valence-electron chi connectivity index (χ1n) is 12.8. The second-order valence-electron chi connectivity index (χ2n) is 9.45. The van der Waals surface area contributed by atoms with Crippen LogP contribution in [0.15, 0.2) is 65.8 Å². The van der Waals surface area contributed by atoms with E-state index in [4.69, 9.17) is 15.8 Å². The first-order valence-corrected chi connectivity index (χ1v) is 14.5. The van der Waals surface area contributed by atoms with Gasteiger partial charge in [-0.1, -0.05) is 74.0 Å². The number of aryl methyl sites for hydroxylation is 2. The zero-order chi connectivity index (χ0) is 25.3. The van der Waals surface area contributed by atoms with E-state index in [0.717, 1.165) is 49.2 Å². The van der Waals surface area contributed by atoms with Crippen LogP contribution in [-0.4, -0.2) is 37.2 Å². The third kappa shape index (κ3) is 8.26. The smallest absolute Gasteiger partial charge is 0.300 e. The van der Waals surface area contributed by atoms with Crippen molar-refractivity contribution in [3.8, 4) is 0 Å². The van der Waals surface area contributed by atoms with E-state index in [9.17, 15) is 8.42 Å². The molecule has 2 atom stereocenters. The second-order valence-corrected chi connectivity index (χ2v) is 11.5. The molecule has 1 heterocycles. The van der Waals surface area contributed by atoms with E-state index in [-0.39, 0.29) is 10.9 Å². The summed E-state index contributed by atoms with van der Waals surface area (Å²) >= 11 is 6.00. The summed E-state index contributed by atoms with van der Waals surface area (Å²) in [5.74, 6) is 0. The van der Waals surface area contributed by atoms with Gasteiger partial charge in [-0.2, -0.15) is 8.42 Å². The summed E-state index contributed by atoms with van der Waals surface area (Å²) in [6, 6.07) is 14.9. The molecular weight excluding hydrogens is 480 g/mol. The Bertz CT molecular complexity index is 1040. The Morgan fingerprint density at radius 2 is 1.63 bits per heavy atom. The van der Waals surface area contributed by atoms with Crippen LogP contribution in [0.1, 0.15) is 69.9 Å². The zero-order valence-electron chi connectivity index (χ0n) is 21.2. The Morgan fingerprint density at radius 3 is 2.31 bits per heavy atom. The molecule has 2 aromatic rings. The fourth-order valence-corrected chi connectivity index (χ4v) is 5.45. The molecule has 0 saturated heterocycles. The topological polar surface area (TPSA) is 49.9 Å². The van der Waals surface area contributed by atoms with Gasteiger partial charge in [-0.15, -0.1) is 0 Å². The molecule has 192 valence electrons. The van der Waals surface area contributed by atoms with Crippen LogP contribution >= 0.6 is 11.6 Å². The third-order valence-corrected chi connectivity index (χ3v) is 8.05. The molecular formula is C28H39ClN2O3S. The quantitative estimate of drug-likeness (QED) is 0.197. The minimum atomic E-state index is -3.90. The average molecular weight is 519 g/mol. The van der Waals surface area contributed by atoms with Gasteiger partial charge in [-0.3, -0.25) is 0 Å². The highest BCUT2D eigenvalue weighted by Crippen LogP contribution is 2.27. The molecule has 0 radical (unpaired) electrons. The van der Waals surface area contributed by atoms with Crippen molar-refractivity contribution in [3.63, 3.8) is 0 Å². The lowest BCUT2D eigenvalue weighted by molar-refractivity contribution is -0.0393. The monoisotopic (exact) mass is 518 g/mol. The van der Waals surface area contributed by atoms with Crippen molar-refractivity contribution < 1.29 is 12.6 Å². The first-order chi connectivity index (χ1) is 16.8. The molecule has 5 nitrogen and oxygen atoms in total. The van der Waals surface area contributed by atoms with E-state index < -0.39 is 16.5 Å². The summed E-state index contributed by atoms with van der Waals surface area (Å²) in [6.45, 7) is 7.04. The normalized spacial score (nSPS) is 16.7. The van der Waals surface area contributed by atoms with Crippen molar-refractivity contribution in [3.05, 3.63) is 77.1 Å². The molecule has 35 heavy (non-hydrogen) atoms. The fourth-order valence-electron chi connectivity index (χ4n) is 4.31. The summed E-state index contributed by atoms with van der Waals surface area (Å²) in [5, 5.41) is 0.744. The van der Waals surface area contributed by atoms with Gasteiger partial charge >= 0.3 is 0 Å². The molecule has 0 aliphatic carbocycles. The highest BCUT2D eigenvalue weighted by molar-refractivity contribution is 7.86. The van der Waals surface area contributed by atoms with Crippen LogP contribution in [0.25, 0.3) is 0 Å². The molecule has 1 aliphatic heterocycles. The van der Waals surface area contributed by atoms with Crippen LogP contribution in [0.3, 0.4) is 0 Å². The van der Waals surface area contributed by atoms with Gasteiger partial charge in [0.15, 0.2) is 0 Å². The van der Waals surface area contributed by atoms with Crippen LogP contribution in [-0.2, 0) is 20.7 Å².